The minimum Gasteiger partial charge on any atom is -0.381 e. The summed E-state index contributed by atoms with van der Waals surface area (Å²) in [5.74, 6) is 1.11. The van der Waals surface area contributed by atoms with Gasteiger partial charge in [-0.1, -0.05) is 6.92 Å². The molecule has 1 fully saturated rings. The van der Waals surface area contributed by atoms with Crippen LogP contribution in [0.5, 0.6) is 0 Å². The Balaban J connectivity index is 1.84. The number of nitrogens with zero attached hydrogens (tertiary/aromatic N) is 2. The predicted molar refractivity (Wildman–Crippen MR) is 73.1 cm³/mol. The highest BCUT2D eigenvalue weighted by Crippen LogP contribution is 2.25. The largest absolute Gasteiger partial charge is 0.381 e. The maximum Gasteiger partial charge on any atom is 0.327 e. The molecule has 3 rings (SSSR count). The number of ether oxygens (including phenoxy) is 1. The van der Waals surface area contributed by atoms with Crippen LogP contribution in [0.1, 0.15) is 19.8 Å². The maximum absolute atomic E-state index is 12.0. The van der Waals surface area contributed by atoms with E-state index in [1.807, 2.05) is 16.7 Å². The number of rotatable bonds is 3. The van der Waals surface area contributed by atoms with Gasteiger partial charge in [-0.15, -0.1) is 0 Å². The third-order valence-electron chi connectivity index (χ3n) is 4.09. The van der Waals surface area contributed by atoms with Crippen LogP contribution in [0, 0.1) is 11.8 Å². The van der Waals surface area contributed by atoms with Gasteiger partial charge in [0.15, 0.2) is 5.65 Å². The van der Waals surface area contributed by atoms with Crippen molar-refractivity contribution in [2.75, 3.05) is 13.2 Å². The summed E-state index contributed by atoms with van der Waals surface area (Å²) >= 11 is 0. The van der Waals surface area contributed by atoms with Gasteiger partial charge in [-0.2, -0.15) is 0 Å². The lowest BCUT2D eigenvalue weighted by atomic mass is 9.87. The number of H-pyrrole nitrogens is 1. The van der Waals surface area contributed by atoms with E-state index in [1.165, 1.54) is 0 Å². The minimum atomic E-state index is -0.0624. The zero-order valence-electron chi connectivity index (χ0n) is 11.1. The maximum atomic E-state index is 12.0. The first-order valence-corrected chi connectivity index (χ1v) is 6.87. The van der Waals surface area contributed by atoms with E-state index >= 15 is 0 Å². The number of hydrogen-bond acceptors (Lipinski definition) is 3. The van der Waals surface area contributed by atoms with Gasteiger partial charge < -0.3 is 4.74 Å². The van der Waals surface area contributed by atoms with E-state index in [9.17, 15) is 4.79 Å². The molecule has 2 aromatic rings. The van der Waals surface area contributed by atoms with Gasteiger partial charge >= 0.3 is 5.69 Å². The van der Waals surface area contributed by atoms with Crippen LogP contribution in [-0.2, 0) is 11.3 Å². The second-order valence-corrected chi connectivity index (χ2v) is 5.34. The molecule has 19 heavy (non-hydrogen) atoms. The van der Waals surface area contributed by atoms with Gasteiger partial charge in [0.05, 0.1) is 5.52 Å². The monoisotopic (exact) mass is 261 g/mol. The molecule has 1 saturated heterocycles. The number of fused-ring (bicyclic) bond motifs is 1. The standard InChI is InChI=1S/C14H19N3O2/c1-10(11-4-7-19-8-5-11)9-17-12-3-2-6-15-13(12)16-14(17)18/h2-3,6,10-11H,4-5,7-9H2,1H3,(H,15,16,18). The average molecular weight is 261 g/mol. The molecule has 1 N–H and O–H groups in total. The third kappa shape index (κ3) is 2.42. The summed E-state index contributed by atoms with van der Waals surface area (Å²) in [6, 6.07) is 3.81. The second kappa shape index (κ2) is 5.17. The fourth-order valence-corrected chi connectivity index (χ4v) is 2.89. The molecule has 0 spiro atoms. The van der Waals surface area contributed by atoms with E-state index in [0.29, 0.717) is 17.5 Å². The third-order valence-corrected chi connectivity index (χ3v) is 4.09. The Bertz CT molecular complexity index is 610. The Labute approximate surface area is 111 Å². The summed E-state index contributed by atoms with van der Waals surface area (Å²) in [5.41, 5.74) is 1.51. The molecule has 0 bridgehead atoms. The van der Waals surface area contributed by atoms with Crippen LogP contribution >= 0.6 is 0 Å². The Morgan fingerprint density at radius 2 is 2.32 bits per heavy atom. The molecule has 3 heterocycles. The van der Waals surface area contributed by atoms with E-state index in [2.05, 4.69) is 16.9 Å². The number of pyridine rings is 1. The highest BCUT2D eigenvalue weighted by Gasteiger charge is 2.22. The van der Waals surface area contributed by atoms with Crippen molar-refractivity contribution < 1.29 is 4.74 Å². The van der Waals surface area contributed by atoms with Crippen LogP contribution in [0.3, 0.4) is 0 Å². The Kier molecular flexibility index (Phi) is 3.38. The second-order valence-electron chi connectivity index (χ2n) is 5.34. The van der Waals surface area contributed by atoms with Crippen molar-refractivity contribution >= 4 is 11.2 Å². The number of nitrogens with one attached hydrogen (secondary N) is 1. The van der Waals surface area contributed by atoms with Gasteiger partial charge in [0.25, 0.3) is 0 Å². The van der Waals surface area contributed by atoms with Gasteiger partial charge in [-0.25, -0.2) is 9.78 Å². The van der Waals surface area contributed by atoms with E-state index in [4.69, 9.17) is 4.74 Å². The fraction of sp³-hybridized carbons (Fsp3) is 0.571. The lowest BCUT2D eigenvalue weighted by Crippen LogP contribution is -2.28. The lowest BCUT2D eigenvalue weighted by Gasteiger charge is -2.27. The first kappa shape index (κ1) is 12.4. The number of aromatic amines is 1. The van der Waals surface area contributed by atoms with Gasteiger partial charge in [-0.05, 0) is 36.8 Å². The summed E-state index contributed by atoms with van der Waals surface area (Å²) in [6.45, 7) is 4.66. The summed E-state index contributed by atoms with van der Waals surface area (Å²) in [6.07, 6.45) is 3.89. The molecule has 0 radical (unpaired) electrons. The smallest absolute Gasteiger partial charge is 0.327 e. The predicted octanol–water partition coefficient (Wildman–Crippen LogP) is 1.79. The molecule has 1 atom stereocenters. The molecule has 1 aliphatic rings. The molecule has 2 aromatic heterocycles. The van der Waals surface area contributed by atoms with Crippen molar-refractivity contribution in [3.05, 3.63) is 28.8 Å². The van der Waals surface area contributed by atoms with E-state index in [1.54, 1.807) is 6.20 Å². The average Bonchev–Trinajstić information content (AvgIpc) is 2.76. The van der Waals surface area contributed by atoms with Crippen LogP contribution in [0.25, 0.3) is 11.2 Å². The first-order chi connectivity index (χ1) is 9.25. The summed E-state index contributed by atoms with van der Waals surface area (Å²) < 4.78 is 7.20. The molecule has 0 aliphatic carbocycles. The minimum absolute atomic E-state index is 0.0624. The fourth-order valence-electron chi connectivity index (χ4n) is 2.89. The van der Waals surface area contributed by atoms with Crippen LogP contribution in [0.4, 0.5) is 0 Å². The van der Waals surface area contributed by atoms with Crippen molar-refractivity contribution in [3.63, 3.8) is 0 Å². The van der Waals surface area contributed by atoms with Gasteiger partial charge in [-0.3, -0.25) is 9.55 Å². The molecule has 1 unspecified atom stereocenters. The molecule has 5 heteroatoms. The molecule has 1 aliphatic heterocycles. The van der Waals surface area contributed by atoms with Crippen LogP contribution in [0.2, 0.25) is 0 Å². The molecular weight excluding hydrogens is 242 g/mol. The van der Waals surface area contributed by atoms with Crippen molar-refractivity contribution in [3.8, 4) is 0 Å². The lowest BCUT2D eigenvalue weighted by molar-refractivity contribution is 0.0467. The van der Waals surface area contributed by atoms with Crippen LogP contribution < -0.4 is 5.69 Å². The van der Waals surface area contributed by atoms with E-state index in [-0.39, 0.29) is 5.69 Å². The molecular formula is C14H19N3O2. The summed E-state index contributed by atoms with van der Waals surface area (Å²) in [4.78, 5) is 19.0. The molecule has 5 nitrogen and oxygen atoms in total. The molecule has 0 amide bonds. The summed E-state index contributed by atoms with van der Waals surface area (Å²) in [7, 11) is 0. The van der Waals surface area contributed by atoms with Gasteiger partial charge in [0, 0.05) is 26.0 Å². The SMILES string of the molecule is CC(Cn1c(=O)[nH]c2ncccc21)C1CCOCC1. The highest BCUT2D eigenvalue weighted by molar-refractivity contribution is 5.70. The van der Waals surface area contributed by atoms with Crippen LogP contribution in [-0.4, -0.2) is 27.7 Å². The van der Waals surface area contributed by atoms with Crippen LogP contribution in [0.15, 0.2) is 23.1 Å². The normalized spacial score (nSPS) is 18.8. The van der Waals surface area contributed by atoms with Crippen molar-refractivity contribution in [2.24, 2.45) is 11.8 Å². The first-order valence-electron chi connectivity index (χ1n) is 6.87. The van der Waals surface area contributed by atoms with Crippen molar-refractivity contribution in [2.45, 2.75) is 26.3 Å². The quantitative estimate of drug-likeness (QED) is 0.916. The van der Waals surface area contributed by atoms with E-state index < -0.39 is 0 Å². The van der Waals surface area contributed by atoms with Crippen molar-refractivity contribution in [1.82, 2.24) is 14.5 Å². The molecule has 0 saturated carbocycles. The highest BCUT2D eigenvalue weighted by atomic mass is 16.5. The number of imidazole rings is 1. The van der Waals surface area contributed by atoms with Gasteiger partial charge in [0.1, 0.15) is 0 Å². The topological polar surface area (TPSA) is 59.9 Å². The Morgan fingerprint density at radius 3 is 3.11 bits per heavy atom. The zero-order valence-corrected chi connectivity index (χ0v) is 11.1. The van der Waals surface area contributed by atoms with Crippen molar-refractivity contribution in [1.29, 1.82) is 0 Å². The molecule has 0 aromatic carbocycles. The van der Waals surface area contributed by atoms with E-state index in [0.717, 1.165) is 38.1 Å². The summed E-state index contributed by atoms with van der Waals surface area (Å²) in [5, 5.41) is 0. The number of hydrogen-bond donors (Lipinski definition) is 1. The van der Waals surface area contributed by atoms with Gasteiger partial charge in [0.2, 0.25) is 0 Å². The molecule has 102 valence electrons. The Morgan fingerprint density at radius 1 is 1.53 bits per heavy atom. The number of aromatic nitrogens is 3. The zero-order chi connectivity index (χ0) is 13.2. The Hall–Kier alpha value is -1.62.